The van der Waals surface area contributed by atoms with Gasteiger partial charge < -0.3 is 19.3 Å². The SMILES string of the molecule is COc1ccc(OC)c(NC(=O)CCc2nc(-c3cccc(C)c3)no2)c1. The molecule has 0 spiro atoms. The number of methoxy groups -OCH3 is 2. The van der Waals surface area contributed by atoms with Crippen LogP contribution in [-0.4, -0.2) is 30.3 Å². The van der Waals surface area contributed by atoms with Gasteiger partial charge in [-0.05, 0) is 25.1 Å². The van der Waals surface area contributed by atoms with Crippen molar-refractivity contribution in [1.82, 2.24) is 10.1 Å². The Labute approximate surface area is 157 Å². The molecule has 0 aliphatic heterocycles. The second-order valence-electron chi connectivity index (χ2n) is 6.00. The number of benzene rings is 2. The van der Waals surface area contributed by atoms with Crippen molar-refractivity contribution in [2.24, 2.45) is 0 Å². The number of aromatic nitrogens is 2. The fourth-order valence-electron chi connectivity index (χ4n) is 2.60. The molecular weight excluding hydrogens is 346 g/mol. The van der Waals surface area contributed by atoms with Gasteiger partial charge >= 0.3 is 0 Å². The van der Waals surface area contributed by atoms with Gasteiger partial charge in [0.25, 0.3) is 0 Å². The summed E-state index contributed by atoms with van der Waals surface area (Å²) in [7, 11) is 3.11. The molecule has 0 radical (unpaired) electrons. The highest BCUT2D eigenvalue weighted by molar-refractivity contribution is 5.92. The number of nitrogens with one attached hydrogen (secondary N) is 1. The highest BCUT2D eigenvalue weighted by Gasteiger charge is 2.13. The second kappa shape index (κ2) is 8.35. The molecule has 0 atom stereocenters. The zero-order valence-electron chi connectivity index (χ0n) is 15.5. The number of nitrogens with zero attached hydrogens (tertiary/aromatic N) is 2. The fraction of sp³-hybridized carbons (Fsp3) is 0.250. The minimum Gasteiger partial charge on any atom is -0.497 e. The van der Waals surface area contributed by atoms with Gasteiger partial charge in [-0.3, -0.25) is 4.79 Å². The normalized spacial score (nSPS) is 10.5. The maximum absolute atomic E-state index is 12.3. The molecule has 1 aromatic heterocycles. The van der Waals surface area contributed by atoms with Gasteiger partial charge in [-0.25, -0.2) is 0 Å². The summed E-state index contributed by atoms with van der Waals surface area (Å²) in [5.41, 5.74) is 2.55. The standard InChI is InChI=1S/C20H21N3O4/c1-13-5-4-6-14(11-13)20-22-19(27-23-20)10-9-18(24)21-16-12-15(25-2)7-8-17(16)26-3/h4-8,11-12H,9-10H2,1-3H3,(H,21,24). The van der Waals surface area contributed by atoms with Crippen LogP contribution in [0.1, 0.15) is 17.9 Å². The summed E-state index contributed by atoms with van der Waals surface area (Å²) in [4.78, 5) is 16.6. The van der Waals surface area contributed by atoms with Crippen LogP contribution in [0.15, 0.2) is 47.0 Å². The van der Waals surface area contributed by atoms with E-state index >= 15 is 0 Å². The molecule has 3 aromatic rings. The second-order valence-corrected chi connectivity index (χ2v) is 6.00. The van der Waals surface area contributed by atoms with Gasteiger partial charge in [0.1, 0.15) is 11.5 Å². The third-order valence-corrected chi connectivity index (χ3v) is 3.99. The Morgan fingerprint density at radius 2 is 2.00 bits per heavy atom. The first-order valence-corrected chi connectivity index (χ1v) is 8.50. The van der Waals surface area contributed by atoms with Crippen molar-refractivity contribution in [3.05, 3.63) is 53.9 Å². The lowest BCUT2D eigenvalue weighted by Gasteiger charge is -2.11. The van der Waals surface area contributed by atoms with E-state index in [2.05, 4.69) is 15.5 Å². The van der Waals surface area contributed by atoms with E-state index < -0.39 is 0 Å². The summed E-state index contributed by atoms with van der Waals surface area (Å²) in [6, 6.07) is 13.1. The summed E-state index contributed by atoms with van der Waals surface area (Å²) < 4.78 is 15.7. The Bertz CT molecular complexity index is 936. The number of ether oxygens (including phenoxy) is 2. The van der Waals surface area contributed by atoms with Gasteiger partial charge in [0.05, 0.1) is 19.9 Å². The van der Waals surface area contributed by atoms with Crippen LogP contribution in [0, 0.1) is 6.92 Å². The molecule has 2 aromatic carbocycles. The number of rotatable bonds is 7. The van der Waals surface area contributed by atoms with E-state index in [4.69, 9.17) is 14.0 Å². The van der Waals surface area contributed by atoms with E-state index in [1.165, 1.54) is 0 Å². The Balaban J connectivity index is 1.62. The summed E-state index contributed by atoms with van der Waals surface area (Å²) in [6.45, 7) is 2.00. The molecule has 7 heteroatoms. The number of carbonyl (C=O) groups is 1. The van der Waals surface area contributed by atoms with E-state index in [-0.39, 0.29) is 12.3 Å². The molecular formula is C20H21N3O4. The van der Waals surface area contributed by atoms with Crippen LogP contribution in [0.2, 0.25) is 0 Å². The van der Waals surface area contributed by atoms with Crippen molar-refractivity contribution in [3.8, 4) is 22.9 Å². The van der Waals surface area contributed by atoms with Crippen molar-refractivity contribution in [1.29, 1.82) is 0 Å². The lowest BCUT2D eigenvalue weighted by Crippen LogP contribution is -2.13. The number of hydrogen-bond acceptors (Lipinski definition) is 6. The third kappa shape index (κ3) is 4.63. The van der Waals surface area contributed by atoms with Crippen molar-refractivity contribution >= 4 is 11.6 Å². The fourth-order valence-corrected chi connectivity index (χ4v) is 2.60. The molecule has 0 saturated heterocycles. The van der Waals surface area contributed by atoms with Crippen molar-refractivity contribution in [2.45, 2.75) is 19.8 Å². The van der Waals surface area contributed by atoms with Crippen molar-refractivity contribution in [2.75, 3.05) is 19.5 Å². The highest BCUT2D eigenvalue weighted by Crippen LogP contribution is 2.29. The van der Waals surface area contributed by atoms with Crippen molar-refractivity contribution in [3.63, 3.8) is 0 Å². The minimum absolute atomic E-state index is 0.183. The maximum atomic E-state index is 12.3. The number of carbonyl (C=O) groups excluding carboxylic acids is 1. The Morgan fingerprint density at radius 3 is 2.74 bits per heavy atom. The average molecular weight is 367 g/mol. The van der Waals surface area contributed by atoms with Crippen LogP contribution in [0.3, 0.4) is 0 Å². The van der Waals surface area contributed by atoms with Crippen molar-refractivity contribution < 1.29 is 18.8 Å². The third-order valence-electron chi connectivity index (χ3n) is 3.99. The van der Waals surface area contributed by atoms with Gasteiger partial charge in [0.2, 0.25) is 17.6 Å². The summed E-state index contributed by atoms with van der Waals surface area (Å²) in [6.07, 6.45) is 0.548. The Morgan fingerprint density at radius 1 is 1.15 bits per heavy atom. The Hall–Kier alpha value is -3.35. The zero-order chi connectivity index (χ0) is 19.2. The van der Waals surface area contributed by atoms with E-state index in [9.17, 15) is 4.79 Å². The average Bonchev–Trinajstić information content (AvgIpc) is 3.15. The first-order valence-electron chi connectivity index (χ1n) is 8.50. The van der Waals surface area contributed by atoms with E-state index in [0.717, 1.165) is 11.1 Å². The summed E-state index contributed by atoms with van der Waals surface area (Å²) in [5, 5.41) is 6.80. The predicted octanol–water partition coefficient (Wildman–Crippen LogP) is 3.63. The monoisotopic (exact) mass is 367 g/mol. The smallest absolute Gasteiger partial charge is 0.227 e. The molecule has 0 bridgehead atoms. The molecule has 0 aliphatic carbocycles. The van der Waals surface area contributed by atoms with Crippen LogP contribution in [0.5, 0.6) is 11.5 Å². The van der Waals surface area contributed by atoms with Gasteiger partial charge in [-0.1, -0.05) is 28.9 Å². The van der Waals surface area contributed by atoms with E-state index in [0.29, 0.717) is 35.3 Å². The zero-order valence-corrected chi connectivity index (χ0v) is 15.5. The quantitative estimate of drug-likeness (QED) is 0.686. The molecule has 140 valence electrons. The number of hydrogen-bond donors (Lipinski definition) is 1. The first-order chi connectivity index (χ1) is 13.1. The molecule has 27 heavy (non-hydrogen) atoms. The highest BCUT2D eigenvalue weighted by atomic mass is 16.5. The molecule has 3 rings (SSSR count). The Kier molecular flexibility index (Phi) is 5.71. The maximum Gasteiger partial charge on any atom is 0.227 e. The molecule has 0 aliphatic rings. The summed E-state index contributed by atoms with van der Waals surface area (Å²) in [5.74, 6) is 1.94. The topological polar surface area (TPSA) is 86.5 Å². The van der Waals surface area contributed by atoms with Gasteiger partial charge in [-0.15, -0.1) is 0 Å². The summed E-state index contributed by atoms with van der Waals surface area (Å²) >= 11 is 0. The van der Waals surface area contributed by atoms with Gasteiger partial charge in [-0.2, -0.15) is 4.98 Å². The van der Waals surface area contributed by atoms with Gasteiger partial charge in [0.15, 0.2) is 0 Å². The van der Waals surface area contributed by atoms with Crippen LogP contribution in [0.4, 0.5) is 5.69 Å². The lowest BCUT2D eigenvalue weighted by atomic mass is 10.1. The largest absolute Gasteiger partial charge is 0.497 e. The number of amides is 1. The molecule has 0 unspecified atom stereocenters. The predicted molar refractivity (Wildman–Crippen MR) is 101 cm³/mol. The number of anilines is 1. The van der Waals surface area contributed by atoms with Crippen LogP contribution in [0.25, 0.3) is 11.4 Å². The van der Waals surface area contributed by atoms with Gasteiger partial charge in [0, 0.05) is 24.5 Å². The number of aryl methyl sites for hydroxylation is 2. The molecule has 0 saturated carbocycles. The first kappa shape index (κ1) is 18.4. The lowest BCUT2D eigenvalue weighted by molar-refractivity contribution is -0.116. The van der Waals surface area contributed by atoms with Crippen LogP contribution >= 0.6 is 0 Å². The minimum atomic E-state index is -0.183. The molecule has 0 fully saturated rings. The molecule has 1 amide bonds. The van der Waals surface area contributed by atoms with E-state index in [1.807, 2.05) is 31.2 Å². The van der Waals surface area contributed by atoms with E-state index in [1.54, 1.807) is 32.4 Å². The molecule has 1 N–H and O–H groups in total. The molecule has 7 nitrogen and oxygen atoms in total. The van der Waals surface area contributed by atoms with Crippen LogP contribution in [-0.2, 0) is 11.2 Å². The molecule has 1 heterocycles. The van der Waals surface area contributed by atoms with Crippen LogP contribution < -0.4 is 14.8 Å².